The Labute approximate surface area is 197 Å². The van der Waals surface area contributed by atoms with Crippen molar-refractivity contribution in [1.82, 2.24) is 15.1 Å². The van der Waals surface area contributed by atoms with Gasteiger partial charge in [0, 0.05) is 37.4 Å². The second-order valence-corrected chi connectivity index (χ2v) is 7.83. The van der Waals surface area contributed by atoms with Gasteiger partial charge in [0.15, 0.2) is 0 Å². The van der Waals surface area contributed by atoms with Crippen LogP contribution in [0.25, 0.3) is 0 Å². The fourth-order valence-electron chi connectivity index (χ4n) is 3.76. The van der Waals surface area contributed by atoms with Gasteiger partial charge >= 0.3 is 18.2 Å². The average molecular weight is 476 g/mol. The smallest absolute Gasteiger partial charge is 0.414 e. The Morgan fingerprint density at radius 3 is 2.59 bits per heavy atom. The van der Waals surface area contributed by atoms with Gasteiger partial charge in [-0.2, -0.15) is 0 Å². The van der Waals surface area contributed by atoms with Crippen LogP contribution in [0.15, 0.2) is 24.3 Å². The van der Waals surface area contributed by atoms with Crippen molar-refractivity contribution in [2.24, 2.45) is 0 Å². The number of rotatable bonds is 8. The normalized spacial score (nSPS) is 18.5. The van der Waals surface area contributed by atoms with Crippen LogP contribution in [0, 0.1) is 5.41 Å². The van der Waals surface area contributed by atoms with Crippen molar-refractivity contribution in [3.8, 4) is 0 Å². The van der Waals surface area contributed by atoms with Crippen LogP contribution in [-0.2, 0) is 23.8 Å². The summed E-state index contributed by atoms with van der Waals surface area (Å²) in [6.07, 6.45) is -1.45. The van der Waals surface area contributed by atoms with Gasteiger partial charge in [-0.3, -0.25) is 30.1 Å². The SMILES string of the molecule is CCOC(=O)CCN1CCN(CC2CN(c3ccc(C(=N)NC(=O)OC)cc3)C(=O)O2)CC1=O. The molecule has 0 radical (unpaired) electrons. The third-order valence-electron chi connectivity index (χ3n) is 5.50. The van der Waals surface area contributed by atoms with E-state index in [2.05, 4.69) is 10.1 Å². The molecule has 2 saturated heterocycles. The van der Waals surface area contributed by atoms with Gasteiger partial charge < -0.3 is 19.1 Å². The Balaban J connectivity index is 1.49. The van der Waals surface area contributed by atoms with E-state index in [1.165, 1.54) is 12.0 Å². The number of ether oxygens (including phenoxy) is 3. The lowest BCUT2D eigenvalue weighted by atomic mass is 10.1. The molecule has 184 valence electrons. The fraction of sp³-hybridized carbons (Fsp3) is 0.500. The van der Waals surface area contributed by atoms with Crippen LogP contribution >= 0.6 is 0 Å². The zero-order valence-electron chi connectivity index (χ0n) is 19.2. The molecular formula is C22H29N5O7. The number of hydrogen-bond acceptors (Lipinski definition) is 9. The molecule has 2 heterocycles. The predicted molar refractivity (Wildman–Crippen MR) is 121 cm³/mol. The number of esters is 1. The molecule has 3 rings (SSSR count). The Bertz CT molecular complexity index is 936. The molecule has 2 fully saturated rings. The van der Waals surface area contributed by atoms with Gasteiger partial charge in [0.1, 0.15) is 11.9 Å². The number of carbonyl (C=O) groups is 4. The summed E-state index contributed by atoms with van der Waals surface area (Å²) < 4.78 is 14.9. The number of nitrogens with one attached hydrogen (secondary N) is 2. The number of amidine groups is 1. The number of benzene rings is 1. The molecule has 1 aromatic rings. The lowest BCUT2D eigenvalue weighted by Crippen LogP contribution is -2.52. The molecule has 2 aliphatic rings. The standard InChI is InChI=1S/C22H29N5O7/c1-3-33-19(29)8-9-26-11-10-25(14-18(26)28)12-17-13-27(22(31)34-17)16-6-4-15(5-7-16)20(23)24-21(30)32-2/h4-7,17H,3,8-14H2,1-2H3,(H2,23,24,30). The number of hydrogen-bond donors (Lipinski definition) is 2. The summed E-state index contributed by atoms with van der Waals surface area (Å²) in [4.78, 5) is 52.7. The fourth-order valence-corrected chi connectivity index (χ4v) is 3.76. The van der Waals surface area contributed by atoms with Crippen LogP contribution in [0.2, 0.25) is 0 Å². The Morgan fingerprint density at radius 2 is 1.94 bits per heavy atom. The number of methoxy groups -OCH3 is 1. The topological polar surface area (TPSA) is 142 Å². The van der Waals surface area contributed by atoms with E-state index in [1.807, 2.05) is 4.90 Å². The summed E-state index contributed by atoms with van der Waals surface area (Å²) in [5.74, 6) is -0.512. The number of alkyl carbamates (subject to hydrolysis) is 1. The Hall–Kier alpha value is -3.67. The molecule has 0 spiro atoms. The van der Waals surface area contributed by atoms with E-state index >= 15 is 0 Å². The van der Waals surface area contributed by atoms with Crippen molar-refractivity contribution < 1.29 is 33.4 Å². The lowest BCUT2D eigenvalue weighted by molar-refractivity contribution is -0.144. The third kappa shape index (κ3) is 6.44. The quantitative estimate of drug-likeness (QED) is 0.243. The molecule has 2 aliphatic heterocycles. The molecule has 12 nitrogen and oxygen atoms in total. The van der Waals surface area contributed by atoms with Crippen LogP contribution in [0.4, 0.5) is 15.3 Å². The van der Waals surface area contributed by atoms with E-state index in [9.17, 15) is 19.2 Å². The Morgan fingerprint density at radius 1 is 1.21 bits per heavy atom. The van der Waals surface area contributed by atoms with Crippen molar-refractivity contribution >= 4 is 35.6 Å². The molecule has 1 aromatic carbocycles. The van der Waals surface area contributed by atoms with E-state index in [4.69, 9.17) is 14.9 Å². The number of anilines is 1. The van der Waals surface area contributed by atoms with E-state index in [0.29, 0.717) is 50.6 Å². The maximum Gasteiger partial charge on any atom is 0.414 e. The number of piperazine rings is 1. The van der Waals surface area contributed by atoms with Crippen LogP contribution in [0.1, 0.15) is 18.9 Å². The lowest BCUT2D eigenvalue weighted by Gasteiger charge is -2.34. The van der Waals surface area contributed by atoms with E-state index in [-0.39, 0.29) is 30.7 Å². The third-order valence-corrected chi connectivity index (χ3v) is 5.50. The Kier molecular flexibility index (Phi) is 8.41. The summed E-state index contributed by atoms with van der Waals surface area (Å²) in [6, 6.07) is 6.56. The summed E-state index contributed by atoms with van der Waals surface area (Å²) in [5.41, 5.74) is 1.06. The molecule has 0 aromatic heterocycles. The molecule has 12 heteroatoms. The van der Waals surface area contributed by atoms with Gasteiger partial charge in [0.2, 0.25) is 5.91 Å². The van der Waals surface area contributed by atoms with E-state index in [1.54, 1.807) is 36.1 Å². The minimum absolute atomic E-state index is 0.0738. The van der Waals surface area contributed by atoms with Crippen LogP contribution in [0.5, 0.6) is 0 Å². The molecule has 0 saturated carbocycles. The molecule has 34 heavy (non-hydrogen) atoms. The molecule has 3 amide bonds. The maximum absolute atomic E-state index is 12.4. The number of carbonyl (C=O) groups excluding carboxylic acids is 4. The van der Waals surface area contributed by atoms with Crippen LogP contribution < -0.4 is 10.2 Å². The van der Waals surface area contributed by atoms with E-state index < -0.39 is 18.3 Å². The minimum atomic E-state index is -0.738. The highest BCUT2D eigenvalue weighted by atomic mass is 16.6. The number of cyclic esters (lactones) is 1. The molecule has 0 bridgehead atoms. The highest BCUT2D eigenvalue weighted by Gasteiger charge is 2.35. The van der Waals surface area contributed by atoms with Gasteiger partial charge in [-0.1, -0.05) is 0 Å². The highest BCUT2D eigenvalue weighted by Crippen LogP contribution is 2.23. The zero-order valence-corrected chi connectivity index (χ0v) is 19.2. The largest absolute Gasteiger partial charge is 0.466 e. The molecule has 1 atom stereocenters. The average Bonchev–Trinajstić information content (AvgIpc) is 3.18. The minimum Gasteiger partial charge on any atom is -0.466 e. The first-order chi connectivity index (χ1) is 16.3. The molecule has 0 aliphatic carbocycles. The monoisotopic (exact) mass is 475 g/mol. The van der Waals surface area contributed by atoms with Gasteiger partial charge in [-0.15, -0.1) is 0 Å². The molecule has 1 unspecified atom stereocenters. The first-order valence-electron chi connectivity index (χ1n) is 11.0. The van der Waals surface area contributed by atoms with Crippen LogP contribution in [-0.4, -0.2) is 98.8 Å². The van der Waals surface area contributed by atoms with Crippen molar-refractivity contribution in [3.05, 3.63) is 29.8 Å². The van der Waals surface area contributed by atoms with Crippen LogP contribution in [0.3, 0.4) is 0 Å². The summed E-state index contributed by atoms with van der Waals surface area (Å²) >= 11 is 0. The van der Waals surface area contributed by atoms with Gasteiger partial charge in [0.25, 0.3) is 0 Å². The summed E-state index contributed by atoms with van der Waals surface area (Å²) in [7, 11) is 1.21. The number of nitrogens with zero attached hydrogens (tertiary/aromatic N) is 3. The first kappa shape index (κ1) is 25.0. The summed E-state index contributed by atoms with van der Waals surface area (Å²) in [5, 5.41) is 10.2. The van der Waals surface area contributed by atoms with Gasteiger partial charge in [-0.05, 0) is 31.2 Å². The van der Waals surface area contributed by atoms with Crippen molar-refractivity contribution in [2.75, 3.05) is 57.9 Å². The van der Waals surface area contributed by atoms with Crippen molar-refractivity contribution in [2.45, 2.75) is 19.4 Å². The van der Waals surface area contributed by atoms with Gasteiger partial charge in [-0.25, -0.2) is 9.59 Å². The maximum atomic E-state index is 12.4. The van der Waals surface area contributed by atoms with E-state index in [0.717, 1.165) is 0 Å². The second-order valence-electron chi connectivity index (χ2n) is 7.83. The molecule has 2 N–H and O–H groups in total. The predicted octanol–water partition coefficient (Wildman–Crippen LogP) is 0.791. The van der Waals surface area contributed by atoms with Crippen molar-refractivity contribution in [1.29, 1.82) is 5.41 Å². The second kappa shape index (κ2) is 11.5. The zero-order chi connectivity index (χ0) is 24.7. The van der Waals surface area contributed by atoms with Gasteiger partial charge in [0.05, 0.1) is 33.2 Å². The number of amides is 3. The molecular weight excluding hydrogens is 446 g/mol. The first-order valence-corrected chi connectivity index (χ1v) is 11.0. The highest BCUT2D eigenvalue weighted by molar-refractivity contribution is 6.04. The van der Waals surface area contributed by atoms with Crippen molar-refractivity contribution in [3.63, 3.8) is 0 Å². The summed E-state index contributed by atoms with van der Waals surface area (Å²) in [6.45, 7) is 4.45.